The topological polar surface area (TPSA) is 21.3 Å². The maximum absolute atomic E-state index is 5.42. The largest absolute Gasteiger partial charge is 1.00 e. The second-order valence-corrected chi connectivity index (χ2v) is 2.42. The molecule has 0 aromatic carbocycles. The first-order valence-electron chi connectivity index (χ1n) is 3.76. The van der Waals surface area contributed by atoms with Crippen LogP contribution in [-0.4, -0.2) is 25.8 Å². The molecular weight excluding hydrogens is 165 g/mol. The van der Waals surface area contributed by atoms with Crippen LogP contribution in [0.3, 0.4) is 0 Å². The van der Waals surface area contributed by atoms with Crippen LogP contribution in [0.2, 0.25) is 0 Å². The van der Waals surface area contributed by atoms with Crippen LogP contribution in [0.4, 0.5) is 0 Å². The molecule has 1 aliphatic rings. The van der Waals surface area contributed by atoms with Gasteiger partial charge in [-0.1, -0.05) is 0 Å². The zero-order chi connectivity index (χ0) is 6.53. The van der Waals surface area contributed by atoms with Crippen molar-refractivity contribution in [2.75, 3.05) is 19.7 Å². The van der Waals surface area contributed by atoms with Crippen LogP contribution in [0.1, 0.15) is 19.8 Å². The quantitative estimate of drug-likeness (QED) is 0.404. The Balaban J connectivity index is 0. The van der Waals surface area contributed by atoms with Gasteiger partial charge in [0.05, 0.1) is 6.10 Å². The summed E-state index contributed by atoms with van der Waals surface area (Å²) in [6.07, 6.45) is 3.00. The average molecular weight is 183 g/mol. The molecule has 0 radical (unpaired) electrons. The fourth-order valence-electron chi connectivity index (χ4n) is 1.20. The van der Waals surface area contributed by atoms with E-state index in [4.69, 9.17) is 4.74 Å². The van der Waals surface area contributed by atoms with Crippen LogP contribution in [0.25, 0.3) is 0 Å². The Labute approximate surface area is 113 Å². The van der Waals surface area contributed by atoms with Crippen LogP contribution in [0.15, 0.2) is 0 Å². The molecule has 11 heavy (non-hydrogen) atoms. The van der Waals surface area contributed by atoms with Gasteiger partial charge in [-0.2, -0.15) is 0 Å². The second-order valence-electron chi connectivity index (χ2n) is 2.42. The number of nitrogens with one attached hydrogen (secondary N) is 1. The molecule has 0 bridgehead atoms. The van der Waals surface area contributed by atoms with Crippen LogP contribution in [-0.2, 0) is 4.74 Å². The number of rotatable bonds is 2. The summed E-state index contributed by atoms with van der Waals surface area (Å²) in [5, 5.41) is 3.29. The average Bonchev–Trinajstić information content (AvgIpc) is 1.91. The summed E-state index contributed by atoms with van der Waals surface area (Å²) in [4.78, 5) is 0. The Morgan fingerprint density at radius 2 is 2.27 bits per heavy atom. The van der Waals surface area contributed by atoms with E-state index in [1.54, 1.807) is 0 Å². The molecule has 1 heterocycles. The molecule has 1 atom stereocenters. The predicted molar refractivity (Wildman–Crippen MR) is 43.9 cm³/mol. The molecule has 1 fully saturated rings. The van der Waals surface area contributed by atoms with Crippen molar-refractivity contribution in [3.63, 3.8) is 0 Å². The van der Waals surface area contributed by atoms with Crippen molar-refractivity contribution in [1.82, 2.24) is 5.32 Å². The zero-order valence-corrected chi connectivity index (χ0v) is 11.1. The van der Waals surface area contributed by atoms with Gasteiger partial charge >= 0.3 is 51.4 Å². The van der Waals surface area contributed by atoms with Crippen molar-refractivity contribution in [3.8, 4) is 0 Å². The fourth-order valence-corrected chi connectivity index (χ4v) is 1.20. The molecule has 1 aliphatic heterocycles. The van der Waals surface area contributed by atoms with Crippen molar-refractivity contribution < 1.29 is 56.1 Å². The number of piperidine rings is 1. The predicted octanol–water partition coefficient (Wildman–Crippen LogP) is -1.77. The Morgan fingerprint density at radius 3 is 2.73 bits per heavy atom. The van der Waals surface area contributed by atoms with Gasteiger partial charge in [-0.25, -0.2) is 0 Å². The van der Waals surface area contributed by atoms with Crippen molar-refractivity contribution in [2.24, 2.45) is 0 Å². The molecule has 1 saturated heterocycles. The molecular formula is C8H18KNO. The van der Waals surface area contributed by atoms with Gasteiger partial charge in [0.25, 0.3) is 0 Å². The SMILES string of the molecule is CCOC1CCCNC1.[CH3-].[K+]. The number of ether oxygens (including phenoxy) is 1. The van der Waals surface area contributed by atoms with Gasteiger partial charge in [-0.3, -0.25) is 0 Å². The summed E-state index contributed by atoms with van der Waals surface area (Å²) in [5.74, 6) is 0. The minimum Gasteiger partial charge on any atom is -0.377 e. The molecule has 1 rings (SSSR count). The second kappa shape index (κ2) is 9.64. The molecule has 2 nitrogen and oxygen atoms in total. The molecule has 1 unspecified atom stereocenters. The van der Waals surface area contributed by atoms with Gasteiger partial charge in [0, 0.05) is 13.2 Å². The smallest absolute Gasteiger partial charge is 0.377 e. The molecule has 0 spiro atoms. The van der Waals surface area contributed by atoms with Crippen LogP contribution >= 0.6 is 0 Å². The van der Waals surface area contributed by atoms with Crippen LogP contribution < -0.4 is 56.7 Å². The third kappa shape index (κ3) is 6.69. The molecule has 62 valence electrons. The third-order valence-corrected chi connectivity index (χ3v) is 1.65. The fraction of sp³-hybridized carbons (Fsp3) is 0.875. The molecule has 0 aromatic rings. The summed E-state index contributed by atoms with van der Waals surface area (Å²) in [7, 11) is 0. The Kier molecular flexibility index (Phi) is 13.2. The van der Waals surface area contributed by atoms with Crippen LogP contribution in [0.5, 0.6) is 0 Å². The van der Waals surface area contributed by atoms with E-state index in [0.717, 1.165) is 13.2 Å². The van der Waals surface area contributed by atoms with E-state index < -0.39 is 0 Å². The number of hydrogen-bond donors (Lipinski definition) is 1. The van der Waals surface area contributed by atoms with Gasteiger partial charge in [-0.05, 0) is 26.3 Å². The first-order valence-corrected chi connectivity index (χ1v) is 3.76. The van der Waals surface area contributed by atoms with Crippen molar-refractivity contribution >= 4 is 0 Å². The Morgan fingerprint density at radius 1 is 1.55 bits per heavy atom. The minimum absolute atomic E-state index is 0. The van der Waals surface area contributed by atoms with Crippen molar-refractivity contribution in [2.45, 2.75) is 25.9 Å². The maximum Gasteiger partial charge on any atom is 1.00 e. The maximum atomic E-state index is 5.42. The van der Waals surface area contributed by atoms with Gasteiger partial charge in [0.1, 0.15) is 0 Å². The Hall–Kier alpha value is 1.56. The Bertz CT molecular complexity index is 71.7. The van der Waals surface area contributed by atoms with Gasteiger partial charge < -0.3 is 17.5 Å². The van der Waals surface area contributed by atoms with E-state index >= 15 is 0 Å². The molecule has 1 N–H and O–H groups in total. The van der Waals surface area contributed by atoms with E-state index in [1.807, 2.05) is 0 Å². The molecule has 0 aromatic heterocycles. The first kappa shape index (κ1) is 15.0. The van der Waals surface area contributed by atoms with Crippen LogP contribution in [0, 0.1) is 7.43 Å². The van der Waals surface area contributed by atoms with Crippen molar-refractivity contribution in [3.05, 3.63) is 7.43 Å². The summed E-state index contributed by atoms with van der Waals surface area (Å²) in [5.41, 5.74) is 0. The minimum atomic E-state index is 0. The summed E-state index contributed by atoms with van der Waals surface area (Å²) in [6.45, 7) is 5.12. The van der Waals surface area contributed by atoms with E-state index in [2.05, 4.69) is 12.2 Å². The van der Waals surface area contributed by atoms with Gasteiger partial charge in [-0.15, -0.1) is 0 Å². The normalized spacial score (nSPS) is 23.2. The van der Waals surface area contributed by atoms with E-state index in [1.165, 1.54) is 19.4 Å². The summed E-state index contributed by atoms with van der Waals surface area (Å²) < 4.78 is 5.42. The summed E-state index contributed by atoms with van der Waals surface area (Å²) in [6, 6.07) is 0. The molecule has 0 aliphatic carbocycles. The molecule has 3 heteroatoms. The number of hydrogen-bond acceptors (Lipinski definition) is 2. The van der Waals surface area contributed by atoms with E-state index in [-0.39, 0.29) is 58.8 Å². The standard InChI is InChI=1S/C7H15NO.CH3.K/c1-2-9-7-4-3-5-8-6-7;;/h7-8H,2-6H2,1H3;1H3;/q;-1;+1. The molecule has 0 saturated carbocycles. The van der Waals surface area contributed by atoms with Gasteiger partial charge in [0.15, 0.2) is 0 Å². The van der Waals surface area contributed by atoms with Crippen molar-refractivity contribution in [1.29, 1.82) is 0 Å². The monoisotopic (exact) mass is 183 g/mol. The third-order valence-electron chi connectivity index (χ3n) is 1.65. The van der Waals surface area contributed by atoms with Gasteiger partial charge in [0.2, 0.25) is 0 Å². The first-order chi connectivity index (χ1) is 4.43. The zero-order valence-electron chi connectivity index (χ0n) is 8.02. The van der Waals surface area contributed by atoms with E-state index in [0.29, 0.717) is 6.10 Å². The summed E-state index contributed by atoms with van der Waals surface area (Å²) >= 11 is 0. The van der Waals surface area contributed by atoms with E-state index in [9.17, 15) is 0 Å². The molecule has 0 amide bonds.